The van der Waals surface area contributed by atoms with Crippen LogP contribution in [0.3, 0.4) is 0 Å². The second-order valence-corrected chi connectivity index (χ2v) is 5.95. The number of hydrogen-bond acceptors (Lipinski definition) is 0. The van der Waals surface area contributed by atoms with E-state index >= 15 is 0 Å². The molecule has 0 amide bonds. The van der Waals surface area contributed by atoms with Crippen LogP contribution < -0.4 is 0 Å². The molecule has 1 saturated carbocycles. The van der Waals surface area contributed by atoms with Crippen molar-refractivity contribution in [1.29, 1.82) is 0 Å². The molecule has 0 nitrogen and oxygen atoms in total. The van der Waals surface area contributed by atoms with Crippen LogP contribution in [0.25, 0.3) is 0 Å². The molecular weight excluding hydrogens is 192 g/mol. The molecule has 1 fully saturated rings. The van der Waals surface area contributed by atoms with Crippen LogP contribution in [0.5, 0.6) is 0 Å². The molecule has 0 bridgehead atoms. The molecular formula is C16H22. The van der Waals surface area contributed by atoms with Crippen LogP contribution >= 0.6 is 0 Å². The molecule has 0 aromatic heterocycles. The Balaban J connectivity index is 1.99. The molecule has 2 aliphatic carbocycles. The highest BCUT2D eigenvalue weighted by molar-refractivity contribution is 5.38. The van der Waals surface area contributed by atoms with Gasteiger partial charge in [0.15, 0.2) is 0 Å². The van der Waals surface area contributed by atoms with Gasteiger partial charge in [-0.2, -0.15) is 0 Å². The van der Waals surface area contributed by atoms with Crippen LogP contribution in [-0.4, -0.2) is 0 Å². The van der Waals surface area contributed by atoms with Crippen molar-refractivity contribution in [2.75, 3.05) is 0 Å². The first-order valence-electron chi connectivity index (χ1n) is 6.88. The van der Waals surface area contributed by atoms with Gasteiger partial charge >= 0.3 is 0 Å². The monoisotopic (exact) mass is 214 g/mol. The highest BCUT2D eigenvalue weighted by Gasteiger charge is 2.33. The summed E-state index contributed by atoms with van der Waals surface area (Å²) in [6.45, 7) is 4.59. The Morgan fingerprint density at radius 2 is 2.00 bits per heavy atom. The predicted molar refractivity (Wildman–Crippen MR) is 68.9 cm³/mol. The van der Waals surface area contributed by atoms with Crippen molar-refractivity contribution >= 4 is 0 Å². The van der Waals surface area contributed by atoms with Gasteiger partial charge in [0.1, 0.15) is 0 Å². The van der Waals surface area contributed by atoms with Gasteiger partial charge in [-0.05, 0) is 60.1 Å². The maximum absolute atomic E-state index is 2.48. The van der Waals surface area contributed by atoms with E-state index in [1.807, 2.05) is 0 Å². The largest absolute Gasteiger partial charge is 0.0587 e. The summed E-state index contributed by atoms with van der Waals surface area (Å²) >= 11 is 0. The summed E-state index contributed by atoms with van der Waals surface area (Å²) in [4.78, 5) is 0. The number of aryl methyl sites for hydroxylation is 1. The summed E-state index contributed by atoms with van der Waals surface area (Å²) in [7, 11) is 0. The minimum atomic E-state index is 0.673. The summed E-state index contributed by atoms with van der Waals surface area (Å²) in [6.07, 6.45) is 7.16. The molecule has 86 valence electrons. The summed E-state index contributed by atoms with van der Waals surface area (Å²) in [6, 6.07) is 7.28. The lowest BCUT2D eigenvalue weighted by Gasteiger charge is -2.29. The molecule has 3 rings (SSSR count). The zero-order chi connectivity index (χ0) is 11.1. The fraction of sp³-hybridized carbons (Fsp3) is 0.625. The van der Waals surface area contributed by atoms with E-state index in [0.29, 0.717) is 5.92 Å². The van der Waals surface area contributed by atoms with Gasteiger partial charge in [-0.1, -0.05) is 38.5 Å². The maximum Gasteiger partial charge on any atom is -0.0131 e. The number of fused-ring (bicyclic) bond motifs is 3. The van der Waals surface area contributed by atoms with Gasteiger partial charge in [-0.25, -0.2) is 0 Å². The van der Waals surface area contributed by atoms with Gasteiger partial charge in [0, 0.05) is 0 Å². The third-order valence-corrected chi connectivity index (χ3v) is 4.68. The van der Waals surface area contributed by atoms with E-state index < -0.39 is 0 Å². The lowest BCUT2D eigenvalue weighted by Crippen LogP contribution is -2.16. The van der Waals surface area contributed by atoms with Crippen molar-refractivity contribution in [3.05, 3.63) is 34.9 Å². The molecule has 2 aliphatic rings. The fourth-order valence-electron chi connectivity index (χ4n) is 3.70. The molecule has 0 aliphatic heterocycles. The quantitative estimate of drug-likeness (QED) is 0.639. The normalized spacial score (nSPS) is 27.9. The first-order valence-corrected chi connectivity index (χ1v) is 6.88. The predicted octanol–water partition coefficient (Wildman–Crippen LogP) is 4.64. The van der Waals surface area contributed by atoms with Gasteiger partial charge in [0.2, 0.25) is 0 Å². The van der Waals surface area contributed by atoms with Crippen molar-refractivity contribution in [3.63, 3.8) is 0 Å². The van der Waals surface area contributed by atoms with E-state index in [9.17, 15) is 0 Å². The smallest absolute Gasteiger partial charge is 0.0131 e. The van der Waals surface area contributed by atoms with E-state index in [-0.39, 0.29) is 0 Å². The third kappa shape index (κ3) is 1.59. The Bertz CT molecular complexity index is 389. The van der Waals surface area contributed by atoms with E-state index in [2.05, 4.69) is 32.0 Å². The fourth-order valence-corrected chi connectivity index (χ4v) is 3.70. The molecule has 16 heavy (non-hydrogen) atoms. The number of hydrogen-bond donors (Lipinski definition) is 0. The van der Waals surface area contributed by atoms with Crippen LogP contribution in [0.15, 0.2) is 18.2 Å². The standard InChI is InChI=1S/C16H22/c1-11(2)13-8-9-16-14(10-13)7-6-12-4-3-5-15(12)16/h8-12,15H,3-7H2,1-2H3. The van der Waals surface area contributed by atoms with E-state index in [0.717, 1.165) is 11.8 Å². The minimum absolute atomic E-state index is 0.673. The Hall–Kier alpha value is -0.780. The first-order chi connectivity index (χ1) is 7.75. The highest BCUT2D eigenvalue weighted by Crippen LogP contribution is 2.46. The summed E-state index contributed by atoms with van der Waals surface area (Å²) in [5, 5.41) is 0. The Morgan fingerprint density at radius 1 is 1.12 bits per heavy atom. The summed E-state index contributed by atoms with van der Waals surface area (Å²) in [5.41, 5.74) is 4.88. The Labute approximate surface area is 99.1 Å². The van der Waals surface area contributed by atoms with Gasteiger partial charge in [-0.3, -0.25) is 0 Å². The molecule has 0 N–H and O–H groups in total. The van der Waals surface area contributed by atoms with Gasteiger partial charge < -0.3 is 0 Å². The summed E-state index contributed by atoms with van der Waals surface area (Å²) in [5.74, 6) is 2.59. The maximum atomic E-state index is 2.48. The third-order valence-electron chi connectivity index (χ3n) is 4.68. The van der Waals surface area contributed by atoms with Crippen molar-refractivity contribution in [1.82, 2.24) is 0 Å². The molecule has 0 heteroatoms. The lowest BCUT2D eigenvalue weighted by molar-refractivity contribution is 0.423. The van der Waals surface area contributed by atoms with E-state index in [1.165, 1.54) is 37.7 Å². The second kappa shape index (κ2) is 3.91. The zero-order valence-electron chi connectivity index (χ0n) is 10.5. The molecule has 1 aromatic carbocycles. The zero-order valence-corrected chi connectivity index (χ0v) is 10.5. The van der Waals surface area contributed by atoms with Crippen LogP contribution in [0, 0.1) is 5.92 Å². The average Bonchev–Trinajstić information content (AvgIpc) is 2.76. The topological polar surface area (TPSA) is 0 Å². The molecule has 0 heterocycles. The van der Waals surface area contributed by atoms with Gasteiger partial charge in [-0.15, -0.1) is 0 Å². The number of benzene rings is 1. The summed E-state index contributed by atoms with van der Waals surface area (Å²) < 4.78 is 0. The highest BCUT2D eigenvalue weighted by atomic mass is 14.4. The Morgan fingerprint density at radius 3 is 2.81 bits per heavy atom. The van der Waals surface area contributed by atoms with Crippen LogP contribution in [-0.2, 0) is 6.42 Å². The molecule has 2 atom stereocenters. The van der Waals surface area contributed by atoms with Crippen LogP contribution in [0.1, 0.15) is 68.1 Å². The van der Waals surface area contributed by atoms with E-state index in [1.54, 1.807) is 11.1 Å². The minimum Gasteiger partial charge on any atom is -0.0587 e. The first kappa shape index (κ1) is 10.4. The van der Waals surface area contributed by atoms with Crippen molar-refractivity contribution in [2.45, 2.75) is 57.8 Å². The average molecular weight is 214 g/mol. The van der Waals surface area contributed by atoms with E-state index in [4.69, 9.17) is 0 Å². The van der Waals surface area contributed by atoms with Crippen molar-refractivity contribution < 1.29 is 0 Å². The SMILES string of the molecule is CC(C)c1ccc2c(c1)CCC1CCCC21. The number of rotatable bonds is 1. The molecule has 0 spiro atoms. The lowest BCUT2D eigenvalue weighted by atomic mass is 9.76. The molecule has 2 unspecified atom stereocenters. The van der Waals surface area contributed by atoms with Gasteiger partial charge in [0.25, 0.3) is 0 Å². The van der Waals surface area contributed by atoms with Crippen LogP contribution in [0.2, 0.25) is 0 Å². The molecule has 0 saturated heterocycles. The second-order valence-electron chi connectivity index (χ2n) is 5.95. The van der Waals surface area contributed by atoms with Crippen molar-refractivity contribution in [3.8, 4) is 0 Å². The molecule has 1 aromatic rings. The van der Waals surface area contributed by atoms with Crippen molar-refractivity contribution in [2.24, 2.45) is 5.92 Å². The van der Waals surface area contributed by atoms with Crippen LogP contribution in [0.4, 0.5) is 0 Å². The Kier molecular flexibility index (Phi) is 2.53. The molecule has 0 radical (unpaired) electrons. The van der Waals surface area contributed by atoms with Gasteiger partial charge in [0.05, 0.1) is 0 Å².